The van der Waals surface area contributed by atoms with E-state index in [0.29, 0.717) is 6.42 Å². The molecule has 0 spiro atoms. The molecule has 2 unspecified atom stereocenters. The Kier molecular flexibility index (Phi) is 27.3. The minimum absolute atomic E-state index is 0.213. The summed E-state index contributed by atoms with van der Waals surface area (Å²) in [6.45, 7) is 8.05. The Bertz CT molecular complexity index is 809. The van der Waals surface area contributed by atoms with Crippen LogP contribution in [0, 0.1) is 11.8 Å². The van der Waals surface area contributed by atoms with Crippen LogP contribution in [0.2, 0.25) is 0 Å². The van der Waals surface area contributed by atoms with Gasteiger partial charge < -0.3 is 39.4 Å². The minimum Gasteiger partial charge on any atom is -0.462 e. The number of ether oxygens (including phenoxy) is 4. The fourth-order valence-electron chi connectivity index (χ4n) is 6.08. The molecule has 0 aromatic heterocycles. The summed E-state index contributed by atoms with van der Waals surface area (Å²) in [6.07, 6.45) is 15.5. The van der Waals surface area contributed by atoms with Crippen molar-refractivity contribution in [1.29, 1.82) is 0 Å². The molecule has 49 heavy (non-hydrogen) atoms. The Labute approximate surface area is 298 Å². The van der Waals surface area contributed by atoms with Gasteiger partial charge in [-0.25, -0.2) is 0 Å². The maximum Gasteiger partial charge on any atom is 0.306 e. The third-order valence-corrected chi connectivity index (χ3v) is 10.1. The zero-order valence-electron chi connectivity index (χ0n) is 31.5. The van der Waals surface area contributed by atoms with Crippen LogP contribution in [0.15, 0.2) is 0 Å². The molecule has 1 rings (SSSR count). The second-order valence-electron chi connectivity index (χ2n) is 14.6. The lowest BCUT2D eigenvalue weighted by Crippen LogP contribution is -2.59. The number of esters is 2. The second-order valence-corrected chi connectivity index (χ2v) is 14.6. The summed E-state index contributed by atoms with van der Waals surface area (Å²) >= 11 is 0. The van der Waals surface area contributed by atoms with Gasteiger partial charge in [0.1, 0.15) is 31.0 Å². The largest absolute Gasteiger partial charge is 0.462 e. The number of hydrogen-bond acceptors (Lipinski definition) is 10. The van der Waals surface area contributed by atoms with Crippen molar-refractivity contribution in [2.24, 2.45) is 11.8 Å². The molecule has 8 atom stereocenters. The average Bonchev–Trinajstić information content (AvgIpc) is 3.10. The van der Waals surface area contributed by atoms with Gasteiger partial charge in [0.2, 0.25) is 0 Å². The van der Waals surface area contributed by atoms with Crippen molar-refractivity contribution in [3.05, 3.63) is 0 Å². The van der Waals surface area contributed by atoms with E-state index < -0.39 is 49.4 Å². The van der Waals surface area contributed by atoms with E-state index in [1.54, 1.807) is 0 Å². The second kappa shape index (κ2) is 29.3. The van der Waals surface area contributed by atoms with Crippen LogP contribution in [0.25, 0.3) is 0 Å². The Morgan fingerprint density at radius 2 is 1.06 bits per heavy atom. The molecule has 10 heteroatoms. The summed E-state index contributed by atoms with van der Waals surface area (Å²) in [7, 11) is 0. The van der Waals surface area contributed by atoms with E-state index in [-0.39, 0.29) is 32.0 Å². The van der Waals surface area contributed by atoms with E-state index in [4.69, 9.17) is 18.9 Å². The average molecular weight is 703 g/mol. The van der Waals surface area contributed by atoms with Gasteiger partial charge >= 0.3 is 11.9 Å². The molecule has 1 heterocycles. The van der Waals surface area contributed by atoms with Crippen LogP contribution in [-0.4, -0.2) is 89.0 Å². The maximum absolute atomic E-state index is 12.7. The van der Waals surface area contributed by atoms with Gasteiger partial charge in [0.05, 0.1) is 13.2 Å². The first kappa shape index (κ1) is 45.7. The first-order chi connectivity index (χ1) is 23.6. The summed E-state index contributed by atoms with van der Waals surface area (Å²) in [6, 6.07) is 0. The number of hydrogen-bond donors (Lipinski definition) is 4. The molecule has 0 aromatic rings. The van der Waals surface area contributed by atoms with Crippen molar-refractivity contribution < 1.29 is 49.0 Å². The summed E-state index contributed by atoms with van der Waals surface area (Å²) < 4.78 is 22.1. The van der Waals surface area contributed by atoms with Crippen LogP contribution in [0.5, 0.6) is 0 Å². The van der Waals surface area contributed by atoms with E-state index in [1.807, 2.05) is 0 Å². The van der Waals surface area contributed by atoms with Crippen LogP contribution in [0.4, 0.5) is 0 Å². The molecular weight excluding hydrogens is 628 g/mol. The van der Waals surface area contributed by atoms with E-state index in [1.165, 1.54) is 83.5 Å². The molecule has 1 aliphatic heterocycles. The minimum atomic E-state index is -1.59. The first-order valence-corrected chi connectivity index (χ1v) is 19.9. The lowest BCUT2D eigenvalue weighted by atomic mass is 9.99. The maximum atomic E-state index is 12.7. The van der Waals surface area contributed by atoms with Gasteiger partial charge in [0.15, 0.2) is 12.4 Å². The van der Waals surface area contributed by atoms with Gasteiger partial charge in [-0.15, -0.1) is 0 Å². The molecule has 0 radical (unpaired) electrons. The molecule has 0 bridgehead atoms. The highest BCUT2D eigenvalue weighted by molar-refractivity contribution is 5.70. The molecule has 1 saturated heterocycles. The highest BCUT2D eigenvalue weighted by Crippen LogP contribution is 2.23. The van der Waals surface area contributed by atoms with Gasteiger partial charge in [-0.05, 0) is 24.7 Å². The third-order valence-electron chi connectivity index (χ3n) is 10.1. The molecular formula is C39H74O10. The fraction of sp³-hybridized carbons (Fsp3) is 0.949. The Morgan fingerprint density at radius 1 is 0.612 bits per heavy atom. The van der Waals surface area contributed by atoms with Gasteiger partial charge in [-0.2, -0.15) is 0 Å². The number of unbranched alkanes of at least 4 members (excludes halogenated alkanes) is 14. The quantitative estimate of drug-likeness (QED) is 0.0433. The molecule has 1 fully saturated rings. The van der Waals surface area contributed by atoms with Crippen molar-refractivity contribution in [2.75, 3.05) is 19.8 Å². The predicted molar refractivity (Wildman–Crippen MR) is 192 cm³/mol. The van der Waals surface area contributed by atoms with Crippen LogP contribution in [0.3, 0.4) is 0 Å². The molecule has 0 aliphatic carbocycles. The molecule has 290 valence electrons. The fourth-order valence-corrected chi connectivity index (χ4v) is 6.08. The van der Waals surface area contributed by atoms with Gasteiger partial charge in [-0.3, -0.25) is 9.59 Å². The van der Waals surface area contributed by atoms with Gasteiger partial charge in [0, 0.05) is 12.8 Å². The Balaban J connectivity index is 2.40. The standard InChI is InChI=1S/C39H74O10/c1-5-30(3)23-19-15-11-7-9-13-17-21-25-34(41)46-28-32(29-47-39-38(45)37(44)36(43)33(27-40)49-39)48-35(42)26-22-18-14-10-8-12-16-20-24-31(4)6-2/h30-33,36-40,43-45H,5-29H2,1-4H3/t30?,31?,32-,33-,36+,37+,38-,39-/m1/s1. The number of rotatable bonds is 31. The Hall–Kier alpha value is -1.30. The number of aliphatic hydroxyl groups excluding tert-OH is 4. The molecule has 0 aromatic carbocycles. The van der Waals surface area contributed by atoms with Crippen molar-refractivity contribution in [3.63, 3.8) is 0 Å². The van der Waals surface area contributed by atoms with Crippen molar-refractivity contribution in [3.8, 4) is 0 Å². The SMILES string of the molecule is CCC(C)CCCCCCCCCCC(=O)OC[C@H](CO[C@@H]1O[C@H](CO)[C@H](O)[C@H](O)[C@H]1O)OC(=O)CCCCCCCCCCC(C)CC. The van der Waals surface area contributed by atoms with E-state index in [0.717, 1.165) is 50.4 Å². The summed E-state index contributed by atoms with van der Waals surface area (Å²) in [4.78, 5) is 25.2. The van der Waals surface area contributed by atoms with Crippen LogP contribution in [-0.2, 0) is 28.5 Å². The highest BCUT2D eigenvalue weighted by Gasteiger charge is 2.44. The number of aliphatic hydroxyl groups is 4. The van der Waals surface area contributed by atoms with E-state index >= 15 is 0 Å². The zero-order valence-corrected chi connectivity index (χ0v) is 31.5. The van der Waals surface area contributed by atoms with Crippen molar-refractivity contribution in [2.45, 2.75) is 206 Å². The van der Waals surface area contributed by atoms with Gasteiger partial charge in [-0.1, -0.05) is 143 Å². The van der Waals surface area contributed by atoms with Gasteiger partial charge in [0.25, 0.3) is 0 Å². The molecule has 10 nitrogen and oxygen atoms in total. The lowest BCUT2D eigenvalue weighted by molar-refractivity contribution is -0.305. The molecule has 4 N–H and O–H groups in total. The first-order valence-electron chi connectivity index (χ1n) is 19.9. The van der Waals surface area contributed by atoms with E-state index in [2.05, 4.69) is 27.7 Å². The van der Waals surface area contributed by atoms with Crippen LogP contribution in [0.1, 0.15) is 169 Å². The number of carbonyl (C=O) groups is 2. The lowest BCUT2D eigenvalue weighted by Gasteiger charge is -2.39. The summed E-state index contributed by atoms with van der Waals surface area (Å²) in [5, 5.41) is 39.9. The van der Waals surface area contributed by atoms with Crippen LogP contribution >= 0.6 is 0 Å². The van der Waals surface area contributed by atoms with Crippen molar-refractivity contribution >= 4 is 11.9 Å². The van der Waals surface area contributed by atoms with Crippen molar-refractivity contribution in [1.82, 2.24) is 0 Å². The summed E-state index contributed by atoms with van der Waals surface area (Å²) in [5.74, 6) is 0.831. The zero-order chi connectivity index (χ0) is 36.3. The summed E-state index contributed by atoms with van der Waals surface area (Å²) in [5.41, 5.74) is 0. The molecule has 0 saturated carbocycles. The van der Waals surface area contributed by atoms with Crippen LogP contribution < -0.4 is 0 Å². The monoisotopic (exact) mass is 703 g/mol. The molecule has 1 aliphatic rings. The third kappa shape index (κ3) is 22.3. The number of carbonyl (C=O) groups excluding carboxylic acids is 2. The molecule has 0 amide bonds. The normalized spacial score (nSPS) is 22.8. The predicted octanol–water partition coefficient (Wildman–Crippen LogP) is 7.15. The Morgan fingerprint density at radius 3 is 1.53 bits per heavy atom. The smallest absolute Gasteiger partial charge is 0.306 e. The van der Waals surface area contributed by atoms with E-state index in [9.17, 15) is 30.0 Å². The highest BCUT2D eigenvalue weighted by atomic mass is 16.7. The topological polar surface area (TPSA) is 152 Å².